The molecule has 5 fully saturated rings. The van der Waals surface area contributed by atoms with Crippen molar-refractivity contribution in [1.29, 1.82) is 0 Å². The van der Waals surface area contributed by atoms with Crippen LogP contribution in [0, 0.1) is 46.3 Å². The molecule has 2 heterocycles. The number of fused-ring (bicyclic) bond motifs is 7. The maximum absolute atomic E-state index is 14.0. The van der Waals surface area contributed by atoms with E-state index in [1.165, 1.54) is 5.57 Å². The number of aliphatic hydroxyl groups excluding tert-OH is 1. The average Bonchev–Trinajstić information content (AvgIpc) is 3.18. The largest absolute Gasteiger partial charge is 0.393 e. The molecule has 176 valence electrons. The SMILES string of the molecule is CC1CO[C@]2(CC1O)O[C@H]1C[C@H]3[C@@H]4CCC5=CC(=O)CC[C@]5(C)[C@H]4CC(=O)[C@]3(C)[C@H]1[C@@H]2C. The minimum Gasteiger partial charge on any atom is -0.393 e. The van der Waals surface area contributed by atoms with Gasteiger partial charge in [0.2, 0.25) is 0 Å². The molecule has 5 nitrogen and oxygen atoms in total. The number of hydrogen-bond donors (Lipinski definition) is 1. The first-order chi connectivity index (χ1) is 15.1. The third-order valence-corrected chi connectivity index (χ3v) is 11.2. The standard InChI is InChI=1S/C27H38O5/c1-14-13-31-27(12-21(14)29)15(2)24-22(32-27)10-20-18-6-5-16-9-17(28)7-8-25(16,3)19(18)11-23(30)26(20,24)4/h9,14-15,18-22,24,29H,5-8,10-13H2,1-4H3/t14?,15-,18+,19-,20-,21?,22-,24-,25-,26+,27+/m0/s1. The van der Waals surface area contributed by atoms with Gasteiger partial charge in [0.05, 0.1) is 18.8 Å². The lowest BCUT2D eigenvalue weighted by Gasteiger charge is -2.57. The highest BCUT2D eigenvalue weighted by Crippen LogP contribution is 2.69. The number of rotatable bonds is 0. The number of aliphatic hydroxyl groups is 1. The van der Waals surface area contributed by atoms with Crippen molar-refractivity contribution in [2.75, 3.05) is 6.61 Å². The molecule has 2 aliphatic heterocycles. The lowest BCUT2D eigenvalue weighted by atomic mass is 9.46. The molecule has 0 aromatic carbocycles. The molecule has 0 aromatic heterocycles. The Morgan fingerprint density at radius 2 is 1.91 bits per heavy atom. The Morgan fingerprint density at radius 1 is 1.12 bits per heavy atom. The van der Waals surface area contributed by atoms with E-state index in [0.717, 1.165) is 25.7 Å². The number of ketones is 2. The zero-order valence-electron chi connectivity index (χ0n) is 19.9. The van der Waals surface area contributed by atoms with Crippen LogP contribution in [0.25, 0.3) is 0 Å². The molecular formula is C27H38O5. The fourth-order valence-electron chi connectivity index (χ4n) is 9.25. The summed E-state index contributed by atoms with van der Waals surface area (Å²) in [7, 11) is 0. The quantitative estimate of drug-likeness (QED) is 0.612. The topological polar surface area (TPSA) is 72.8 Å². The van der Waals surface area contributed by atoms with Gasteiger partial charge in [0.1, 0.15) is 5.78 Å². The van der Waals surface area contributed by atoms with Crippen LogP contribution in [-0.2, 0) is 19.1 Å². The molecule has 0 bridgehead atoms. The summed E-state index contributed by atoms with van der Waals surface area (Å²) in [6.45, 7) is 9.26. The number of allylic oxidation sites excluding steroid dienone is 1. The lowest BCUT2D eigenvalue weighted by molar-refractivity contribution is -0.290. The molecule has 6 rings (SSSR count). The average molecular weight is 443 g/mol. The highest BCUT2D eigenvalue weighted by Gasteiger charge is 2.71. The molecule has 0 aromatic rings. The molecule has 6 aliphatic rings. The van der Waals surface area contributed by atoms with E-state index in [4.69, 9.17) is 9.47 Å². The molecule has 4 aliphatic carbocycles. The van der Waals surface area contributed by atoms with Crippen LogP contribution in [0.15, 0.2) is 11.6 Å². The first kappa shape index (κ1) is 21.5. The van der Waals surface area contributed by atoms with E-state index < -0.39 is 11.9 Å². The molecular weight excluding hydrogens is 404 g/mol. The van der Waals surface area contributed by atoms with E-state index in [2.05, 4.69) is 20.8 Å². The van der Waals surface area contributed by atoms with Crippen LogP contribution in [0.3, 0.4) is 0 Å². The molecule has 0 amide bonds. The molecule has 1 N–H and O–H groups in total. The van der Waals surface area contributed by atoms with Crippen molar-refractivity contribution in [3.05, 3.63) is 11.6 Å². The summed E-state index contributed by atoms with van der Waals surface area (Å²) in [6.07, 6.45) is 7.15. The molecule has 11 atom stereocenters. The first-order valence-electron chi connectivity index (χ1n) is 12.9. The Labute approximate surface area is 191 Å². The summed E-state index contributed by atoms with van der Waals surface area (Å²) in [5, 5.41) is 10.6. The van der Waals surface area contributed by atoms with Crippen LogP contribution in [0.4, 0.5) is 0 Å². The van der Waals surface area contributed by atoms with Crippen molar-refractivity contribution < 1.29 is 24.2 Å². The van der Waals surface area contributed by atoms with Crippen LogP contribution in [0.5, 0.6) is 0 Å². The second-order valence-corrected chi connectivity index (χ2v) is 12.5. The van der Waals surface area contributed by atoms with Crippen molar-refractivity contribution in [3.8, 4) is 0 Å². The number of carbonyl (C=O) groups excluding carboxylic acids is 2. The Hall–Kier alpha value is -1.04. The highest BCUT2D eigenvalue weighted by atomic mass is 16.7. The Bertz CT molecular complexity index is 894. The monoisotopic (exact) mass is 442 g/mol. The summed E-state index contributed by atoms with van der Waals surface area (Å²) in [4.78, 5) is 26.1. The summed E-state index contributed by atoms with van der Waals surface area (Å²) < 4.78 is 13.0. The van der Waals surface area contributed by atoms with Gasteiger partial charge in [-0.15, -0.1) is 0 Å². The summed E-state index contributed by atoms with van der Waals surface area (Å²) >= 11 is 0. The van der Waals surface area contributed by atoms with E-state index in [1.54, 1.807) is 0 Å². The van der Waals surface area contributed by atoms with Gasteiger partial charge < -0.3 is 14.6 Å². The molecule has 2 saturated heterocycles. The van der Waals surface area contributed by atoms with Crippen LogP contribution in [0.2, 0.25) is 0 Å². The van der Waals surface area contributed by atoms with Gasteiger partial charge >= 0.3 is 0 Å². The Kier molecular flexibility index (Phi) is 4.54. The van der Waals surface area contributed by atoms with Crippen LogP contribution >= 0.6 is 0 Å². The minimum absolute atomic E-state index is 0.00799. The first-order valence-corrected chi connectivity index (χ1v) is 12.9. The van der Waals surface area contributed by atoms with Gasteiger partial charge in [-0.3, -0.25) is 9.59 Å². The van der Waals surface area contributed by atoms with Gasteiger partial charge in [0.15, 0.2) is 11.6 Å². The summed E-state index contributed by atoms with van der Waals surface area (Å²) in [5.41, 5.74) is 0.909. The Balaban J connectivity index is 1.32. The summed E-state index contributed by atoms with van der Waals surface area (Å²) in [5.74, 6) is 1.47. The number of ether oxygens (including phenoxy) is 2. The lowest BCUT2D eigenvalue weighted by Crippen LogP contribution is -2.57. The number of carbonyl (C=O) groups is 2. The van der Waals surface area contributed by atoms with Crippen molar-refractivity contribution in [2.45, 2.75) is 90.6 Å². The van der Waals surface area contributed by atoms with Crippen molar-refractivity contribution >= 4 is 11.6 Å². The zero-order chi connectivity index (χ0) is 22.6. The zero-order valence-corrected chi connectivity index (χ0v) is 19.9. The van der Waals surface area contributed by atoms with Gasteiger partial charge in [-0.1, -0.05) is 33.3 Å². The minimum atomic E-state index is -0.745. The van der Waals surface area contributed by atoms with Crippen LogP contribution in [-0.4, -0.2) is 41.3 Å². The van der Waals surface area contributed by atoms with Crippen LogP contribution < -0.4 is 0 Å². The molecule has 5 heteroatoms. The smallest absolute Gasteiger partial charge is 0.174 e. The molecule has 32 heavy (non-hydrogen) atoms. The van der Waals surface area contributed by atoms with Crippen molar-refractivity contribution in [2.24, 2.45) is 46.3 Å². The maximum atomic E-state index is 14.0. The number of Topliss-reactive ketones (excluding diaryl/α,β-unsaturated/α-hetero) is 1. The fourth-order valence-corrected chi connectivity index (χ4v) is 9.25. The van der Waals surface area contributed by atoms with Gasteiger partial charge in [-0.25, -0.2) is 0 Å². The highest BCUT2D eigenvalue weighted by molar-refractivity contribution is 5.92. The molecule has 3 saturated carbocycles. The second-order valence-electron chi connectivity index (χ2n) is 12.5. The number of hydrogen-bond acceptors (Lipinski definition) is 5. The third kappa shape index (κ3) is 2.56. The van der Waals surface area contributed by atoms with Gasteiger partial charge in [-0.05, 0) is 54.9 Å². The molecule has 1 spiro atoms. The van der Waals surface area contributed by atoms with Gasteiger partial charge in [0, 0.05) is 42.4 Å². The fraction of sp³-hybridized carbons (Fsp3) is 0.852. The molecule has 2 unspecified atom stereocenters. The van der Waals surface area contributed by atoms with E-state index >= 15 is 0 Å². The van der Waals surface area contributed by atoms with E-state index in [9.17, 15) is 14.7 Å². The van der Waals surface area contributed by atoms with E-state index in [0.29, 0.717) is 49.4 Å². The Morgan fingerprint density at radius 3 is 2.66 bits per heavy atom. The predicted molar refractivity (Wildman–Crippen MR) is 118 cm³/mol. The van der Waals surface area contributed by atoms with E-state index in [-0.39, 0.29) is 40.5 Å². The molecule has 0 radical (unpaired) electrons. The van der Waals surface area contributed by atoms with Crippen molar-refractivity contribution in [1.82, 2.24) is 0 Å². The van der Waals surface area contributed by atoms with Crippen molar-refractivity contribution in [3.63, 3.8) is 0 Å². The maximum Gasteiger partial charge on any atom is 0.174 e. The van der Waals surface area contributed by atoms with E-state index in [1.807, 2.05) is 13.0 Å². The van der Waals surface area contributed by atoms with Gasteiger partial charge in [0.25, 0.3) is 0 Å². The third-order valence-electron chi connectivity index (χ3n) is 11.2. The predicted octanol–water partition coefficient (Wildman–Crippen LogP) is 4.07. The summed E-state index contributed by atoms with van der Waals surface area (Å²) in [6, 6.07) is 0. The normalized spacial score (nSPS) is 57.0. The second kappa shape index (κ2) is 6.76. The van der Waals surface area contributed by atoms with Crippen LogP contribution in [0.1, 0.15) is 72.6 Å². The van der Waals surface area contributed by atoms with Gasteiger partial charge in [-0.2, -0.15) is 0 Å².